The van der Waals surface area contributed by atoms with E-state index in [2.05, 4.69) is 15.5 Å². The van der Waals surface area contributed by atoms with E-state index in [1.807, 2.05) is 26.0 Å². The first-order chi connectivity index (χ1) is 14.7. The van der Waals surface area contributed by atoms with Crippen LogP contribution in [-0.4, -0.2) is 74.0 Å². The quantitative estimate of drug-likeness (QED) is 0.311. The number of aliphatic hydroxyl groups excluding tert-OH is 4. The number of aromatic amines is 1. The van der Waals surface area contributed by atoms with Crippen LogP contribution in [0.5, 0.6) is 5.88 Å². The number of hydrogen-bond donors (Lipinski definition) is 7. The van der Waals surface area contributed by atoms with Gasteiger partial charge in [-0.2, -0.15) is 0 Å². The molecule has 11 heteroatoms. The first-order valence-electron chi connectivity index (χ1n) is 9.91. The van der Waals surface area contributed by atoms with Crippen molar-refractivity contribution in [1.29, 1.82) is 0 Å². The molecule has 0 aliphatic carbocycles. The van der Waals surface area contributed by atoms with Crippen LogP contribution in [0.25, 0.3) is 0 Å². The van der Waals surface area contributed by atoms with Gasteiger partial charge in [-0.25, -0.2) is 4.79 Å². The number of H-pyrrole nitrogens is 1. The summed E-state index contributed by atoms with van der Waals surface area (Å²) in [5.41, 5.74) is 8.13. The molecule has 8 N–H and O–H groups in total. The van der Waals surface area contributed by atoms with E-state index in [9.17, 15) is 25.2 Å². The van der Waals surface area contributed by atoms with Crippen LogP contribution in [0, 0.1) is 0 Å². The predicted octanol–water partition coefficient (Wildman–Crippen LogP) is -0.207. The SMILES string of the molecule is CC(C)c1[nH]nc(O[C@@H]2O[C@H](CO)[C@@H](O)[C@H](O)[C@H]2O)c1Cc1ccc(NC(N)=O)cc1. The van der Waals surface area contributed by atoms with Crippen molar-refractivity contribution in [2.45, 2.75) is 56.9 Å². The molecule has 170 valence electrons. The van der Waals surface area contributed by atoms with Gasteiger partial charge in [0.1, 0.15) is 24.4 Å². The summed E-state index contributed by atoms with van der Waals surface area (Å²) in [7, 11) is 0. The van der Waals surface area contributed by atoms with Crippen molar-refractivity contribution < 1.29 is 34.7 Å². The van der Waals surface area contributed by atoms with Gasteiger partial charge in [-0.3, -0.25) is 5.10 Å². The maximum Gasteiger partial charge on any atom is 0.316 e. The molecule has 1 fully saturated rings. The first-order valence-corrected chi connectivity index (χ1v) is 9.91. The Hall–Kier alpha value is -2.70. The Bertz CT molecular complexity index is 884. The van der Waals surface area contributed by atoms with Crippen molar-refractivity contribution >= 4 is 11.7 Å². The number of primary amides is 1. The van der Waals surface area contributed by atoms with Gasteiger partial charge >= 0.3 is 6.03 Å². The van der Waals surface area contributed by atoms with Crippen LogP contribution < -0.4 is 15.8 Å². The second-order valence-corrected chi connectivity index (χ2v) is 7.75. The number of rotatable bonds is 7. The Morgan fingerprint density at radius 2 is 1.90 bits per heavy atom. The minimum atomic E-state index is -1.55. The number of benzene rings is 1. The molecule has 0 saturated carbocycles. The van der Waals surface area contributed by atoms with Crippen LogP contribution in [0.2, 0.25) is 0 Å². The van der Waals surface area contributed by atoms with E-state index in [0.29, 0.717) is 12.1 Å². The maximum atomic E-state index is 11.0. The third-order valence-electron chi connectivity index (χ3n) is 5.12. The van der Waals surface area contributed by atoms with E-state index in [0.717, 1.165) is 16.8 Å². The number of carbonyl (C=O) groups excluding carboxylic acids is 1. The summed E-state index contributed by atoms with van der Waals surface area (Å²) in [6.45, 7) is 3.41. The Kier molecular flexibility index (Phi) is 7.13. The molecule has 0 unspecified atom stereocenters. The second-order valence-electron chi connectivity index (χ2n) is 7.75. The summed E-state index contributed by atoms with van der Waals surface area (Å²) in [6.07, 6.45) is -6.55. The highest BCUT2D eigenvalue weighted by Crippen LogP contribution is 2.31. The second kappa shape index (κ2) is 9.62. The molecule has 1 aromatic carbocycles. The lowest BCUT2D eigenvalue weighted by atomic mass is 9.98. The van der Waals surface area contributed by atoms with E-state index in [1.165, 1.54) is 0 Å². The molecule has 2 amide bonds. The van der Waals surface area contributed by atoms with Crippen LogP contribution >= 0.6 is 0 Å². The number of urea groups is 1. The third kappa shape index (κ3) is 5.14. The summed E-state index contributed by atoms with van der Waals surface area (Å²) in [5.74, 6) is 0.262. The minimum Gasteiger partial charge on any atom is -0.443 e. The normalized spacial score (nSPS) is 26.1. The zero-order valence-corrected chi connectivity index (χ0v) is 17.2. The van der Waals surface area contributed by atoms with Gasteiger partial charge in [-0.1, -0.05) is 26.0 Å². The monoisotopic (exact) mass is 436 g/mol. The Morgan fingerprint density at radius 3 is 2.48 bits per heavy atom. The van der Waals surface area contributed by atoms with Crippen molar-refractivity contribution in [2.24, 2.45) is 5.73 Å². The van der Waals surface area contributed by atoms with Crippen molar-refractivity contribution in [2.75, 3.05) is 11.9 Å². The molecule has 2 heterocycles. The Labute approximate surface area is 178 Å². The van der Waals surface area contributed by atoms with Gasteiger partial charge in [0, 0.05) is 23.4 Å². The molecule has 0 radical (unpaired) electrons. The average Bonchev–Trinajstić information content (AvgIpc) is 3.12. The largest absolute Gasteiger partial charge is 0.443 e. The molecule has 1 aliphatic heterocycles. The molecule has 1 saturated heterocycles. The Morgan fingerprint density at radius 1 is 1.23 bits per heavy atom. The number of aliphatic hydroxyl groups is 4. The van der Waals surface area contributed by atoms with Crippen LogP contribution in [0.4, 0.5) is 10.5 Å². The molecule has 0 bridgehead atoms. The van der Waals surface area contributed by atoms with E-state index in [4.69, 9.17) is 15.2 Å². The molecule has 11 nitrogen and oxygen atoms in total. The van der Waals surface area contributed by atoms with Crippen molar-refractivity contribution in [3.05, 3.63) is 41.1 Å². The van der Waals surface area contributed by atoms with Crippen LogP contribution in [0.15, 0.2) is 24.3 Å². The standard InChI is InChI=1S/C20H28N4O7/c1-9(2)14-12(7-10-3-5-11(6-4-10)22-20(21)29)18(24-23-14)31-19-17(28)16(27)15(26)13(8-25)30-19/h3-6,9,13,15-17,19,25-28H,7-8H2,1-2H3,(H,23,24)(H3,21,22,29)/t13-,15-,16+,17-,19+/m1/s1. The lowest BCUT2D eigenvalue weighted by molar-refractivity contribution is -0.278. The summed E-state index contributed by atoms with van der Waals surface area (Å²) in [5, 5.41) is 49.2. The number of nitrogens with zero attached hydrogens (tertiary/aromatic N) is 1. The summed E-state index contributed by atoms with van der Waals surface area (Å²) >= 11 is 0. The lowest BCUT2D eigenvalue weighted by Gasteiger charge is -2.39. The van der Waals surface area contributed by atoms with Crippen molar-refractivity contribution in [3.8, 4) is 5.88 Å². The van der Waals surface area contributed by atoms with E-state index < -0.39 is 43.3 Å². The molecule has 1 aliphatic rings. The number of aromatic nitrogens is 2. The van der Waals surface area contributed by atoms with Crippen molar-refractivity contribution in [1.82, 2.24) is 10.2 Å². The number of carbonyl (C=O) groups is 1. The molecule has 2 aromatic rings. The highest BCUT2D eigenvalue weighted by Gasteiger charge is 2.45. The maximum absolute atomic E-state index is 11.0. The van der Waals surface area contributed by atoms with Gasteiger partial charge < -0.3 is 41.0 Å². The van der Waals surface area contributed by atoms with E-state index >= 15 is 0 Å². The third-order valence-corrected chi connectivity index (χ3v) is 5.12. The minimum absolute atomic E-state index is 0.0884. The molecule has 1 aromatic heterocycles. The number of nitrogens with one attached hydrogen (secondary N) is 2. The van der Waals surface area contributed by atoms with E-state index in [1.54, 1.807) is 12.1 Å². The first kappa shape index (κ1) is 23.0. The predicted molar refractivity (Wildman–Crippen MR) is 110 cm³/mol. The van der Waals surface area contributed by atoms with Gasteiger partial charge in [0.25, 0.3) is 0 Å². The molecule has 3 rings (SSSR count). The smallest absolute Gasteiger partial charge is 0.316 e. The van der Waals surface area contributed by atoms with Crippen LogP contribution in [-0.2, 0) is 11.2 Å². The van der Waals surface area contributed by atoms with Gasteiger partial charge in [0.05, 0.1) is 6.61 Å². The molecule has 0 spiro atoms. The molecular weight excluding hydrogens is 408 g/mol. The topological polar surface area (TPSA) is 183 Å². The average molecular weight is 436 g/mol. The number of nitrogens with two attached hydrogens (primary N) is 1. The molecule has 31 heavy (non-hydrogen) atoms. The summed E-state index contributed by atoms with van der Waals surface area (Å²) in [4.78, 5) is 11.0. The van der Waals surface area contributed by atoms with Gasteiger partial charge in [0.2, 0.25) is 12.2 Å². The fraction of sp³-hybridized carbons (Fsp3) is 0.500. The van der Waals surface area contributed by atoms with Gasteiger partial charge in [-0.05, 0) is 23.6 Å². The fourth-order valence-corrected chi connectivity index (χ4v) is 3.43. The Balaban J connectivity index is 1.83. The van der Waals surface area contributed by atoms with Crippen molar-refractivity contribution in [3.63, 3.8) is 0 Å². The zero-order valence-electron chi connectivity index (χ0n) is 17.2. The summed E-state index contributed by atoms with van der Waals surface area (Å²) in [6, 6.07) is 6.42. The molecular formula is C20H28N4O7. The lowest BCUT2D eigenvalue weighted by Crippen LogP contribution is -2.60. The highest BCUT2D eigenvalue weighted by atomic mass is 16.7. The summed E-state index contributed by atoms with van der Waals surface area (Å²) < 4.78 is 11.2. The number of anilines is 1. The number of amides is 2. The zero-order chi connectivity index (χ0) is 22.7. The fourth-order valence-electron chi connectivity index (χ4n) is 3.43. The highest BCUT2D eigenvalue weighted by molar-refractivity contribution is 5.87. The van der Waals surface area contributed by atoms with Crippen LogP contribution in [0.1, 0.15) is 36.6 Å². The number of hydrogen-bond acceptors (Lipinski definition) is 8. The van der Waals surface area contributed by atoms with Crippen LogP contribution in [0.3, 0.4) is 0 Å². The molecule has 5 atom stereocenters. The van der Waals surface area contributed by atoms with E-state index in [-0.39, 0.29) is 11.8 Å². The van der Waals surface area contributed by atoms with Gasteiger partial charge in [-0.15, -0.1) is 5.10 Å². The van der Waals surface area contributed by atoms with Gasteiger partial charge in [0.15, 0.2) is 0 Å². The number of ether oxygens (including phenoxy) is 2.